The van der Waals surface area contributed by atoms with Crippen LogP contribution in [0.2, 0.25) is 5.02 Å². The van der Waals surface area contributed by atoms with Gasteiger partial charge in [0, 0.05) is 80.6 Å². The van der Waals surface area contributed by atoms with Gasteiger partial charge in [-0.1, -0.05) is 17.7 Å². The maximum absolute atomic E-state index is 16.6. The van der Waals surface area contributed by atoms with Crippen molar-refractivity contribution in [3.63, 3.8) is 0 Å². The van der Waals surface area contributed by atoms with Gasteiger partial charge in [0.2, 0.25) is 17.7 Å². The van der Waals surface area contributed by atoms with Gasteiger partial charge in [-0.2, -0.15) is 0 Å². The number of benzene rings is 3. The van der Waals surface area contributed by atoms with Crippen molar-refractivity contribution in [2.45, 2.75) is 44.2 Å². The first-order chi connectivity index (χ1) is 34.0. The Bertz CT molecular complexity index is 2900. The SMILES string of the molecule is [2H]C1([2H])N(CC2CCN(C/C=C/C(=O)Nc3cc4c(Nc5ccc(F)c(Cl)c5)ncnc4cc3O[C@H]3CCOC3)CC2)C([2H])([2H])C([2H])([2H])N(c2ccc3c(c2F)C(=O)N(C2CCC(=O)NC2=O)C3=O)C1([2H])[2H]. The molecule has 0 saturated carbocycles. The van der Waals surface area contributed by atoms with Crippen molar-refractivity contribution >= 4 is 74.9 Å². The van der Waals surface area contributed by atoms with Crippen molar-refractivity contribution in [2.24, 2.45) is 5.92 Å². The third-order valence-corrected chi connectivity index (χ3v) is 11.8. The number of fused-ring (bicyclic) bond motifs is 2. The molecule has 2 atom stereocenters. The van der Waals surface area contributed by atoms with Crippen molar-refractivity contribution in [1.82, 2.24) is 30.0 Å². The highest BCUT2D eigenvalue weighted by Gasteiger charge is 2.46. The summed E-state index contributed by atoms with van der Waals surface area (Å²) in [4.78, 5) is 76.2. The number of carbonyl (C=O) groups is 5. The number of hydrogen-bond acceptors (Lipinski definition) is 13. The van der Waals surface area contributed by atoms with E-state index in [2.05, 4.69) is 20.6 Å². The van der Waals surface area contributed by atoms with Crippen LogP contribution in [0.5, 0.6) is 5.75 Å². The number of nitrogens with zero attached hydrogens (tertiary/aromatic N) is 6. The summed E-state index contributed by atoms with van der Waals surface area (Å²) in [5, 5.41) is 8.42. The zero-order chi connectivity index (χ0) is 51.7. The van der Waals surface area contributed by atoms with Gasteiger partial charge in [0.1, 0.15) is 35.9 Å². The molecule has 4 aromatic rings. The summed E-state index contributed by atoms with van der Waals surface area (Å²) in [7, 11) is 0. The maximum atomic E-state index is 16.6. The normalized spacial score (nSPS) is 26.2. The van der Waals surface area contributed by atoms with Gasteiger partial charge < -0.3 is 25.0 Å². The molecule has 1 unspecified atom stereocenters. The number of imide groups is 2. The number of ether oxygens (including phenoxy) is 2. The summed E-state index contributed by atoms with van der Waals surface area (Å²) in [6.07, 6.45) is 4.94. The van der Waals surface area contributed by atoms with Gasteiger partial charge in [0.05, 0.1) is 51.7 Å². The van der Waals surface area contributed by atoms with Crippen molar-refractivity contribution < 1.29 is 53.2 Å². The van der Waals surface area contributed by atoms with Crippen LogP contribution in [0.3, 0.4) is 0 Å². The highest BCUT2D eigenvalue weighted by molar-refractivity contribution is 6.31. The lowest BCUT2D eigenvalue weighted by Gasteiger charge is -2.39. The summed E-state index contributed by atoms with van der Waals surface area (Å²) in [5.74, 6) is -6.48. The van der Waals surface area contributed by atoms with E-state index in [1.54, 1.807) is 18.2 Å². The molecule has 9 rings (SSSR count). The molecular weight excluding hydrogens is 852 g/mol. The van der Waals surface area contributed by atoms with Crippen LogP contribution in [0.25, 0.3) is 10.9 Å². The molecule has 64 heavy (non-hydrogen) atoms. The minimum atomic E-state index is -3.51. The van der Waals surface area contributed by atoms with E-state index in [-0.39, 0.29) is 28.9 Å². The number of nitrogens with one attached hydrogen (secondary N) is 3. The first kappa shape index (κ1) is 34.3. The standard InChI is InChI=1S/C45H46ClF2N9O7/c46-31-20-27(3-5-32(31)47)51-42-30-21-34(37(22-33(30)49-25-50-42)64-28-11-19-63-24-28)52-38(58)2-1-12-54-13-9-26(10-14-54)23-55-15-17-56(18-16-55)35-6-4-29-40(41(35)48)45(62)57(44(29)61)36-7-8-39(59)53-43(36)60/h1-6,20-22,25-26,28,36H,7-19,23-24H2,(H,52,58)(H,49,50,51)(H,53,59,60)/b2-1+/t28-,36?/m0/s1/i15D2,16D2,17D2,18D2. The molecule has 0 spiro atoms. The third kappa shape index (κ3) is 9.13. The molecule has 4 fully saturated rings. The van der Waals surface area contributed by atoms with Gasteiger partial charge >= 0.3 is 0 Å². The number of halogens is 3. The summed E-state index contributed by atoms with van der Waals surface area (Å²) in [6.45, 7) is -12.2. The molecule has 5 aliphatic rings. The van der Waals surface area contributed by atoms with Crippen molar-refractivity contribution in [3.8, 4) is 5.75 Å². The van der Waals surface area contributed by atoms with Gasteiger partial charge in [-0.05, 0) is 74.7 Å². The van der Waals surface area contributed by atoms with Crippen LogP contribution >= 0.6 is 11.6 Å². The van der Waals surface area contributed by atoms with Crippen LogP contribution in [0.1, 0.15) is 63.8 Å². The molecule has 16 nitrogen and oxygen atoms in total. The van der Waals surface area contributed by atoms with Crippen LogP contribution in [0.15, 0.2) is 60.9 Å². The van der Waals surface area contributed by atoms with E-state index in [0.29, 0.717) is 95.8 Å². The van der Waals surface area contributed by atoms with Crippen molar-refractivity contribution in [3.05, 3.63) is 88.7 Å². The van der Waals surface area contributed by atoms with Crippen molar-refractivity contribution in [2.75, 3.05) is 80.9 Å². The quantitative estimate of drug-likeness (QED) is 0.129. The Morgan fingerprint density at radius 1 is 0.984 bits per heavy atom. The highest BCUT2D eigenvalue weighted by atomic mass is 35.5. The molecule has 0 radical (unpaired) electrons. The van der Waals surface area contributed by atoms with Crippen molar-refractivity contribution in [1.29, 1.82) is 0 Å². The molecule has 3 N–H and O–H groups in total. The summed E-state index contributed by atoms with van der Waals surface area (Å²) in [5.41, 5.74) is -1.24. The summed E-state index contributed by atoms with van der Waals surface area (Å²) < 4.78 is 114. The molecule has 6 heterocycles. The van der Waals surface area contributed by atoms with E-state index in [4.69, 9.17) is 32.0 Å². The van der Waals surface area contributed by atoms with Gasteiger partial charge in [-0.3, -0.25) is 44.0 Å². The topological polar surface area (TPSA) is 179 Å². The molecule has 334 valence electrons. The second-order valence-corrected chi connectivity index (χ2v) is 16.1. The minimum absolute atomic E-state index is 0.0161. The monoisotopic (exact) mass is 905 g/mol. The zero-order valence-corrected chi connectivity index (χ0v) is 34.7. The van der Waals surface area contributed by atoms with Gasteiger partial charge in [0.15, 0.2) is 5.82 Å². The summed E-state index contributed by atoms with van der Waals surface area (Å²) >= 11 is 6.00. The number of rotatable bonds is 12. The van der Waals surface area contributed by atoms with Gasteiger partial charge in [0.25, 0.3) is 11.8 Å². The van der Waals surface area contributed by atoms with Gasteiger partial charge in [-0.25, -0.2) is 18.7 Å². The first-order valence-electron chi connectivity index (χ1n) is 24.6. The number of aromatic nitrogens is 2. The van der Waals surface area contributed by atoms with E-state index in [1.165, 1.54) is 30.6 Å². The molecule has 1 aromatic heterocycles. The second-order valence-electron chi connectivity index (χ2n) is 15.7. The average molecular weight is 906 g/mol. The largest absolute Gasteiger partial charge is 0.486 e. The Labute approximate surface area is 383 Å². The number of carbonyl (C=O) groups excluding carboxylic acids is 5. The van der Waals surface area contributed by atoms with Gasteiger partial charge in [-0.15, -0.1) is 0 Å². The number of amides is 5. The lowest BCUT2D eigenvalue weighted by Crippen LogP contribution is -2.54. The predicted molar refractivity (Wildman–Crippen MR) is 233 cm³/mol. The predicted octanol–water partition coefficient (Wildman–Crippen LogP) is 4.90. The van der Waals surface area contributed by atoms with E-state index >= 15 is 4.39 Å². The Morgan fingerprint density at radius 2 is 1.80 bits per heavy atom. The van der Waals surface area contributed by atoms with Crippen LogP contribution in [-0.2, 0) is 19.1 Å². The molecule has 5 amide bonds. The fraction of sp³-hybridized carbons (Fsp3) is 0.400. The Kier molecular flexibility index (Phi) is 9.96. The molecule has 0 bridgehead atoms. The number of hydrogen-bond donors (Lipinski definition) is 3. The van der Waals surface area contributed by atoms with E-state index in [9.17, 15) is 28.4 Å². The minimum Gasteiger partial charge on any atom is -0.486 e. The van der Waals surface area contributed by atoms with Crippen LogP contribution in [-0.4, -0.2) is 132 Å². The summed E-state index contributed by atoms with van der Waals surface area (Å²) in [6, 6.07) is 7.64. The molecule has 3 aromatic carbocycles. The third-order valence-electron chi connectivity index (χ3n) is 11.5. The Balaban J connectivity index is 0.857. The van der Waals surface area contributed by atoms with E-state index < -0.39 is 102 Å². The molecule has 0 aliphatic carbocycles. The molecule has 5 aliphatic heterocycles. The lowest BCUT2D eigenvalue weighted by atomic mass is 9.96. The van der Waals surface area contributed by atoms with Crippen LogP contribution in [0.4, 0.5) is 31.7 Å². The fourth-order valence-electron chi connectivity index (χ4n) is 8.14. The lowest BCUT2D eigenvalue weighted by molar-refractivity contribution is -0.136. The number of piperazine rings is 1. The molecule has 4 saturated heterocycles. The number of piperidine rings is 2. The fourth-order valence-corrected chi connectivity index (χ4v) is 8.32. The highest BCUT2D eigenvalue weighted by Crippen LogP contribution is 2.37. The zero-order valence-electron chi connectivity index (χ0n) is 42.0. The maximum Gasteiger partial charge on any atom is 0.265 e. The van der Waals surface area contributed by atoms with E-state index in [0.717, 1.165) is 12.1 Å². The smallest absolute Gasteiger partial charge is 0.265 e. The number of likely N-dealkylation sites (tertiary alicyclic amines) is 1. The second kappa shape index (κ2) is 18.6. The molecular formula is C45H46ClF2N9O7. The van der Waals surface area contributed by atoms with Crippen LogP contribution < -0.4 is 25.6 Å². The van der Waals surface area contributed by atoms with Crippen LogP contribution in [0, 0.1) is 17.6 Å². The van der Waals surface area contributed by atoms with E-state index in [1.807, 2.05) is 10.2 Å². The first-order valence-corrected chi connectivity index (χ1v) is 21.0. The average Bonchev–Trinajstić information content (AvgIpc) is 3.92. The Hall–Kier alpha value is -6.08. The molecule has 19 heteroatoms. The Morgan fingerprint density at radius 3 is 2.55 bits per heavy atom. The number of anilines is 4.